The molecule has 1 aromatic carbocycles. The molecule has 0 aliphatic heterocycles. The number of amides is 1. The number of rotatable bonds is 5. The third-order valence-corrected chi connectivity index (χ3v) is 3.40. The van der Waals surface area contributed by atoms with Crippen LogP contribution >= 0.6 is 0 Å². The Labute approximate surface area is 115 Å². The van der Waals surface area contributed by atoms with Gasteiger partial charge < -0.3 is 10.6 Å². The van der Waals surface area contributed by atoms with Crippen molar-refractivity contribution in [3.8, 4) is 0 Å². The number of carbonyl (C=O) groups is 1. The van der Waals surface area contributed by atoms with Gasteiger partial charge in [0, 0.05) is 24.9 Å². The minimum absolute atomic E-state index is 0.128. The topological polar surface area (TPSA) is 41.1 Å². The molecule has 1 amide bonds. The van der Waals surface area contributed by atoms with Crippen LogP contribution in [-0.2, 0) is 11.0 Å². The summed E-state index contributed by atoms with van der Waals surface area (Å²) < 4.78 is 38.7. The van der Waals surface area contributed by atoms with Crippen LogP contribution in [0.25, 0.3) is 0 Å². The van der Waals surface area contributed by atoms with Gasteiger partial charge in [-0.25, -0.2) is 0 Å². The molecule has 20 heavy (non-hydrogen) atoms. The lowest BCUT2D eigenvalue weighted by atomic mass is 10.0. The SMILES string of the molecule is CNCCC(=O)NC1CC1c1ccccc1C(F)(F)F. The highest BCUT2D eigenvalue weighted by molar-refractivity contribution is 5.77. The van der Waals surface area contributed by atoms with Crippen LogP contribution in [0.5, 0.6) is 0 Å². The summed E-state index contributed by atoms with van der Waals surface area (Å²) in [5.74, 6) is -0.359. The summed E-state index contributed by atoms with van der Waals surface area (Å²) in [4.78, 5) is 11.5. The number of alkyl halides is 3. The van der Waals surface area contributed by atoms with Gasteiger partial charge in [-0.05, 0) is 25.1 Å². The Morgan fingerprint density at radius 1 is 1.35 bits per heavy atom. The number of carbonyl (C=O) groups excluding carboxylic acids is 1. The highest BCUT2D eigenvalue weighted by Crippen LogP contribution is 2.46. The Balaban J connectivity index is 2.00. The third kappa shape index (κ3) is 3.50. The van der Waals surface area contributed by atoms with E-state index in [0.717, 1.165) is 6.07 Å². The highest BCUT2D eigenvalue weighted by Gasteiger charge is 2.44. The van der Waals surface area contributed by atoms with E-state index in [1.54, 1.807) is 13.1 Å². The molecule has 3 nitrogen and oxygen atoms in total. The van der Waals surface area contributed by atoms with Crippen LogP contribution in [0.15, 0.2) is 24.3 Å². The molecule has 6 heteroatoms. The minimum atomic E-state index is -4.35. The van der Waals surface area contributed by atoms with Gasteiger partial charge in [-0.2, -0.15) is 13.2 Å². The molecule has 0 bridgehead atoms. The third-order valence-electron chi connectivity index (χ3n) is 3.40. The molecular formula is C14H17F3N2O. The van der Waals surface area contributed by atoms with Crippen molar-refractivity contribution in [2.45, 2.75) is 31.0 Å². The van der Waals surface area contributed by atoms with Crippen LogP contribution in [-0.4, -0.2) is 25.5 Å². The molecule has 0 saturated heterocycles. The van der Waals surface area contributed by atoms with Crippen LogP contribution in [0, 0.1) is 0 Å². The second-order valence-corrected chi connectivity index (χ2v) is 4.95. The fraction of sp³-hybridized carbons (Fsp3) is 0.500. The van der Waals surface area contributed by atoms with Gasteiger partial charge in [0.05, 0.1) is 5.56 Å². The summed E-state index contributed by atoms with van der Waals surface area (Å²) in [5, 5.41) is 5.62. The number of hydrogen-bond donors (Lipinski definition) is 2. The van der Waals surface area contributed by atoms with Crippen molar-refractivity contribution in [3.63, 3.8) is 0 Å². The monoisotopic (exact) mass is 286 g/mol. The average molecular weight is 286 g/mol. The quantitative estimate of drug-likeness (QED) is 0.872. The lowest BCUT2D eigenvalue weighted by Gasteiger charge is -2.12. The van der Waals surface area contributed by atoms with Gasteiger partial charge in [0.2, 0.25) is 5.91 Å². The van der Waals surface area contributed by atoms with E-state index < -0.39 is 11.7 Å². The summed E-state index contributed by atoms with van der Waals surface area (Å²) in [6.07, 6.45) is -3.45. The van der Waals surface area contributed by atoms with Crippen LogP contribution in [0.2, 0.25) is 0 Å². The Hall–Kier alpha value is -1.56. The van der Waals surface area contributed by atoms with Crippen LogP contribution in [0.1, 0.15) is 29.9 Å². The maximum Gasteiger partial charge on any atom is 0.416 e. The van der Waals surface area contributed by atoms with Gasteiger partial charge in [-0.1, -0.05) is 18.2 Å². The Bertz CT molecular complexity index is 488. The Morgan fingerprint density at radius 3 is 2.70 bits per heavy atom. The van der Waals surface area contributed by atoms with E-state index >= 15 is 0 Å². The van der Waals surface area contributed by atoms with Crippen LogP contribution in [0.3, 0.4) is 0 Å². The van der Waals surface area contributed by atoms with Crippen molar-refractivity contribution in [2.24, 2.45) is 0 Å². The molecule has 2 rings (SSSR count). The Morgan fingerprint density at radius 2 is 2.05 bits per heavy atom. The van der Waals surface area contributed by atoms with E-state index in [0.29, 0.717) is 19.4 Å². The molecule has 2 unspecified atom stereocenters. The van der Waals surface area contributed by atoms with Gasteiger partial charge in [-0.15, -0.1) is 0 Å². The van der Waals surface area contributed by atoms with Crippen molar-refractivity contribution in [1.82, 2.24) is 10.6 Å². The molecule has 2 N–H and O–H groups in total. The van der Waals surface area contributed by atoms with E-state index in [1.165, 1.54) is 12.1 Å². The van der Waals surface area contributed by atoms with Gasteiger partial charge in [-0.3, -0.25) is 4.79 Å². The summed E-state index contributed by atoms with van der Waals surface area (Å²) in [5.41, 5.74) is -0.323. The summed E-state index contributed by atoms with van der Waals surface area (Å²) >= 11 is 0. The molecule has 1 aliphatic carbocycles. The maximum absolute atomic E-state index is 12.9. The first kappa shape index (κ1) is 14.8. The van der Waals surface area contributed by atoms with Gasteiger partial charge >= 0.3 is 6.18 Å². The standard InChI is InChI=1S/C14H17F3N2O/c1-18-7-6-13(20)19-12-8-10(12)9-4-2-3-5-11(9)14(15,16)17/h2-5,10,12,18H,6-8H2,1H3,(H,19,20). The number of hydrogen-bond acceptors (Lipinski definition) is 2. The molecule has 0 aromatic heterocycles. The fourth-order valence-corrected chi connectivity index (χ4v) is 2.29. The molecule has 1 aromatic rings. The fourth-order valence-electron chi connectivity index (χ4n) is 2.29. The molecule has 0 spiro atoms. The molecule has 0 heterocycles. The second-order valence-electron chi connectivity index (χ2n) is 4.95. The van der Waals surface area contributed by atoms with Crippen LogP contribution in [0.4, 0.5) is 13.2 Å². The van der Waals surface area contributed by atoms with Crippen molar-refractivity contribution in [2.75, 3.05) is 13.6 Å². The van der Waals surface area contributed by atoms with E-state index in [-0.39, 0.29) is 23.4 Å². The summed E-state index contributed by atoms with van der Waals surface area (Å²) in [6, 6.07) is 5.39. The first-order chi connectivity index (χ1) is 9.43. The minimum Gasteiger partial charge on any atom is -0.353 e. The summed E-state index contributed by atoms with van der Waals surface area (Å²) in [6.45, 7) is 0.558. The number of nitrogens with one attached hydrogen (secondary N) is 2. The zero-order chi connectivity index (χ0) is 14.8. The van der Waals surface area contributed by atoms with Crippen molar-refractivity contribution >= 4 is 5.91 Å². The number of benzene rings is 1. The van der Waals surface area contributed by atoms with E-state index in [9.17, 15) is 18.0 Å². The first-order valence-electron chi connectivity index (χ1n) is 6.53. The molecule has 1 saturated carbocycles. The van der Waals surface area contributed by atoms with Gasteiger partial charge in [0.1, 0.15) is 0 Å². The van der Waals surface area contributed by atoms with E-state index in [1.807, 2.05) is 0 Å². The first-order valence-corrected chi connectivity index (χ1v) is 6.53. The maximum atomic E-state index is 12.9. The van der Waals surface area contributed by atoms with Crippen molar-refractivity contribution in [3.05, 3.63) is 35.4 Å². The summed E-state index contributed by atoms with van der Waals surface area (Å²) in [7, 11) is 1.74. The lowest BCUT2D eigenvalue weighted by Crippen LogP contribution is -2.29. The largest absolute Gasteiger partial charge is 0.416 e. The molecule has 2 atom stereocenters. The van der Waals surface area contributed by atoms with Gasteiger partial charge in [0.15, 0.2) is 0 Å². The van der Waals surface area contributed by atoms with Crippen molar-refractivity contribution < 1.29 is 18.0 Å². The number of halogens is 3. The Kier molecular flexibility index (Phi) is 4.32. The van der Waals surface area contributed by atoms with Crippen molar-refractivity contribution in [1.29, 1.82) is 0 Å². The molecule has 0 radical (unpaired) electrons. The molecule has 110 valence electrons. The predicted molar refractivity (Wildman–Crippen MR) is 69.3 cm³/mol. The molecule has 1 aliphatic rings. The predicted octanol–water partition coefficient (Wildman–Crippen LogP) is 2.29. The average Bonchev–Trinajstić information content (AvgIpc) is 3.14. The zero-order valence-electron chi connectivity index (χ0n) is 11.1. The molecule has 1 fully saturated rings. The molecular weight excluding hydrogens is 269 g/mol. The van der Waals surface area contributed by atoms with E-state index in [4.69, 9.17) is 0 Å². The van der Waals surface area contributed by atoms with Crippen LogP contribution < -0.4 is 10.6 Å². The second kappa shape index (κ2) is 5.83. The smallest absolute Gasteiger partial charge is 0.353 e. The highest BCUT2D eigenvalue weighted by atomic mass is 19.4. The lowest BCUT2D eigenvalue weighted by molar-refractivity contribution is -0.138. The van der Waals surface area contributed by atoms with Gasteiger partial charge in [0.25, 0.3) is 0 Å². The zero-order valence-corrected chi connectivity index (χ0v) is 11.1. The normalized spacial score (nSPS) is 21.6. The van der Waals surface area contributed by atoms with E-state index in [2.05, 4.69) is 10.6 Å².